The van der Waals surface area contributed by atoms with Crippen LogP contribution in [0.2, 0.25) is 0 Å². The summed E-state index contributed by atoms with van der Waals surface area (Å²) in [4.78, 5) is 0. The van der Waals surface area contributed by atoms with Crippen LogP contribution in [0.3, 0.4) is 0 Å². The first-order valence-corrected chi connectivity index (χ1v) is 5.89. The van der Waals surface area contributed by atoms with E-state index in [1.54, 1.807) is 0 Å². The third-order valence-electron chi connectivity index (χ3n) is 2.87. The van der Waals surface area contributed by atoms with Crippen molar-refractivity contribution < 1.29 is 9.84 Å². The third-order valence-corrected chi connectivity index (χ3v) is 2.87. The molecule has 0 bridgehead atoms. The van der Waals surface area contributed by atoms with Gasteiger partial charge in [0.25, 0.3) is 0 Å². The lowest BCUT2D eigenvalue weighted by Crippen LogP contribution is -2.23. The highest BCUT2D eigenvalue weighted by atomic mass is 16.5. The van der Waals surface area contributed by atoms with Gasteiger partial charge >= 0.3 is 0 Å². The molecule has 1 fully saturated rings. The van der Waals surface area contributed by atoms with Crippen molar-refractivity contribution in [3.63, 3.8) is 0 Å². The minimum Gasteiger partial charge on any atom is -0.378 e. The van der Waals surface area contributed by atoms with Crippen LogP contribution in [0.15, 0.2) is 0 Å². The second-order valence-electron chi connectivity index (χ2n) is 4.18. The summed E-state index contributed by atoms with van der Waals surface area (Å²) in [6.45, 7) is 4.68. The Morgan fingerprint density at radius 2 is 1.79 bits per heavy atom. The van der Waals surface area contributed by atoms with Gasteiger partial charge in [-0.15, -0.1) is 0 Å². The van der Waals surface area contributed by atoms with Crippen LogP contribution in [0.1, 0.15) is 51.4 Å². The molecule has 0 aromatic carbocycles. The Balaban J connectivity index is 1.91. The van der Waals surface area contributed by atoms with E-state index in [0.29, 0.717) is 6.10 Å². The van der Waals surface area contributed by atoms with Crippen LogP contribution in [-0.4, -0.2) is 18.8 Å². The van der Waals surface area contributed by atoms with E-state index in [1.807, 2.05) is 0 Å². The van der Waals surface area contributed by atoms with Gasteiger partial charge in [-0.05, 0) is 32.1 Å². The normalized spacial score (nSPS) is 27.9. The predicted molar refractivity (Wildman–Crippen MR) is 56.5 cm³/mol. The lowest BCUT2D eigenvalue weighted by atomic mass is 9.95. The Kier molecular flexibility index (Phi) is 6.20. The summed E-state index contributed by atoms with van der Waals surface area (Å²) in [7, 11) is 0. The summed E-state index contributed by atoms with van der Waals surface area (Å²) in [6, 6.07) is 0. The van der Waals surface area contributed by atoms with E-state index in [4.69, 9.17) is 4.74 Å². The number of rotatable bonds is 6. The number of ether oxygens (including phenoxy) is 1. The maximum atomic E-state index is 11.0. The zero-order valence-electron chi connectivity index (χ0n) is 9.04. The molecule has 2 nitrogen and oxygen atoms in total. The lowest BCUT2D eigenvalue weighted by molar-refractivity contribution is -0.0244. The molecule has 0 N–H and O–H groups in total. The number of unbranched alkanes of at least 4 members (excludes halogenated alkanes) is 3. The summed E-state index contributed by atoms with van der Waals surface area (Å²) in [5.74, 6) is 0. The van der Waals surface area contributed by atoms with Gasteiger partial charge in [-0.1, -0.05) is 26.2 Å². The summed E-state index contributed by atoms with van der Waals surface area (Å²) in [5.41, 5.74) is 0. The van der Waals surface area contributed by atoms with Crippen LogP contribution in [-0.2, 0) is 9.84 Å². The first-order valence-electron chi connectivity index (χ1n) is 5.89. The standard InChI is InChI=1S/C12H22O2/c1-2-3-4-5-10-14-12-8-6-11(13)7-9-12/h11-12H,1-10H2. The molecule has 1 aliphatic rings. The van der Waals surface area contributed by atoms with Gasteiger partial charge in [0.2, 0.25) is 0 Å². The minimum atomic E-state index is -0.319. The maximum absolute atomic E-state index is 11.0. The van der Waals surface area contributed by atoms with Gasteiger partial charge in [0.05, 0.1) is 12.2 Å². The van der Waals surface area contributed by atoms with Crippen LogP contribution in [0.5, 0.6) is 0 Å². The minimum absolute atomic E-state index is 0.319. The monoisotopic (exact) mass is 198 g/mol. The van der Waals surface area contributed by atoms with Crippen LogP contribution < -0.4 is 0 Å². The number of hydrogen-bond donors (Lipinski definition) is 0. The molecule has 0 amide bonds. The Morgan fingerprint density at radius 1 is 1.07 bits per heavy atom. The van der Waals surface area contributed by atoms with E-state index in [-0.39, 0.29) is 6.10 Å². The summed E-state index contributed by atoms with van der Waals surface area (Å²) < 4.78 is 5.72. The maximum Gasteiger partial charge on any atom is 0.0932 e. The van der Waals surface area contributed by atoms with Crippen molar-refractivity contribution in [3.05, 3.63) is 6.92 Å². The Morgan fingerprint density at radius 3 is 2.43 bits per heavy atom. The third kappa shape index (κ3) is 4.97. The molecule has 0 saturated heterocycles. The molecule has 2 heteroatoms. The fraction of sp³-hybridized carbons (Fsp3) is 0.917. The molecule has 0 aromatic heterocycles. The first-order chi connectivity index (χ1) is 6.83. The van der Waals surface area contributed by atoms with Crippen LogP contribution in [0.4, 0.5) is 0 Å². The molecular weight excluding hydrogens is 176 g/mol. The van der Waals surface area contributed by atoms with Crippen molar-refractivity contribution in [2.75, 3.05) is 6.61 Å². The predicted octanol–water partition coefficient (Wildman–Crippen LogP) is 3.14. The van der Waals surface area contributed by atoms with E-state index in [9.17, 15) is 5.11 Å². The first kappa shape index (κ1) is 12.0. The molecule has 1 rings (SSSR count). The topological polar surface area (TPSA) is 29.1 Å². The van der Waals surface area contributed by atoms with Gasteiger partial charge < -0.3 is 4.74 Å². The Labute approximate surface area is 87.7 Å². The fourth-order valence-corrected chi connectivity index (χ4v) is 1.90. The largest absolute Gasteiger partial charge is 0.378 e. The Bertz CT molecular complexity index is 128. The van der Waals surface area contributed by atoms with Crippen molar-refractivity contribution in [2.24, 2.45) is 0 Å². The molecule has 0 aliphatic heterocycles. The van der Waals surface area contributed by atoms with E-state index in [2.05, 4.69) is 6.92 Å². The van der Waals surface area contributed by atoms with Crippen molar-refractivity contribution in [1.29, 1.82) is 0 Å². The lowest BCUT2D eigenvalue weighted by Gasteiger charge is -2.24. The molecule has 2 radical (unpaired) electrons. The van der Waals surface area contributed by atoms with Gasteiger partial charge in [-0.25, -0.2) is 5.11 Å². The van der Waals surface area contributed by atoms with Gasteiger partial charge in [-0.2, -0.15) is 0 Å². The van der Waals surface area contributed by atoms with E-state index in [1.165, 1.54) is 12.8 Å². The van der Waals surface area contributed by atoms with Gasteiger partial charge in [0.15, 0.2) is 0 Å². The molecule has 0 atom stereocenters. The van der Waals surface area contributed by atoms with Gasteiger partial charge in [0.1, 0.15) is 0 Å². The smallest absolute Gasteiger partial charge is 0.0932 e. The highest BCUT2D eigenvalue weighted by Gasteiger charge is 2.20. The van der Waals surface area contributed by atoms with E-state index >= 15 is 0 Å². The molecule has 0 unspecified atom stereocenters. The van der Waals surface area contributed by atoms with Crippen LogP contribution >= 0.6 is 0 Å². The van der Waals surface area contributed by atoms with Gasteiger partial charge in [0, 0.05) is 6.61 Å². The average molecular weight is 198 g/mol. The molecule has 0 heterocycles. The molecule has 0 aromatic rings. The van der Waals surface area contributed by atoms with Crippen molar-refractivity contribution in [2.45, 2.75) is 63.6 Å². The summed E-state index contributed by atoms with van der Waals surface area (Å²) in [6.07, 6.45) is 8.23. The second kappa shape index (κ2) is 7.24. The van der Waals surface area contributed by atoms with E-state index in [0.717, 1.165) is 45.1 Å². The SMILES string of the molecule is [CH2]CCCCCOC1CCC([O])CC1. The van der Waals surface area contributed by atoms with Crippen molar-refractivity contribution >= 4 is 0 Å². The Hall–Kier alpha value is -0.0800. The van der Waals surface area contributed by atoms with Crippen LogP contribution in [0, 0.1) is 6.92 Å². The van der Waals surface area contributed by atoms with Crippen molar-refractivity contribution in [3.8, 4) is 0 Å². The van der Waals surface area contributed by atoms with E-state index < -0.39 is 0 Å². The molecular formula is C12H22O2. The summed E-state index contributed by atoms with van der Waals surface area (Å²) in [5, 5.41) is 11.0. The average Bonchev–Trinajstić information content (AvgIpc) is 2.21. The molecule has 1 saturated carbocycles. The highest BCUT2D eigenvalue weighted by Crippen LogP contribution is 2.21. The highest BCUT2D eigenvalue weighted by molar-refractivity contribution is 4.71. The zero-order valence-corrected chi connectivity index (χ0v) is 9.04. The molecule has 82 valence electrons. The zero-order chi connectivity index (χ0) is 10.2. The molecule has 14 heavy (non-hydrogen) atoms. The quantitative estimate of drug-likeness (QED) is 0.603. The van der Waals surface area contributed by atoms with Crippen molar-refractivity contribution in [1.82, 2.24) is 0 Å². The van der Waals surface area contributed by atoms with Crippen LogP contribution in [0.25, 0.3) is 0 Å². The van der Waals surface area contributed by atoms with Gasteiger partial charge in [-0.3, -0.25) is 0 Å². The summed E-state index contributed by atoms with van der Waals surface area (Å²) >= 11 is 0. The fourth-order valence-electron chi connectivity index (χ4n) is 1.90. The molecule has 1 aliphatic carbocycles. The molecule has 0 spiro atoms. The number of hydrogen-bond acceptors (Lipinski definition) is 1. The second-order valence-corrected chi connectivity index (χ2v) is 4.18.